The van der Waals surface area contributed by atoms with Crippen molar-refractivity contribution >= 4 is 7.32 Å². The minimum absolute atomic E-state index is 1.17. The van der Waals surface area contributed by atoms with Crippen LogP contribution in [0.1, 0.15) is 6.92 Å². The maximum absolute atomic E-state index is 8.62. The number of hydrogen-bond acceptors (Lipinski definition) is 6. The van der Waals surface area contributed by atoms with E-state index in [2.05, 4.69) is 14.3 Å². The molecule has 0 amide bonds. The van der Waals surface area contributed by atoms with Crippen LogP contribution in [0, 0.1) is 22.7 Å². The van der Waals surface area contributed by atoms with Crippen molar-refractivity contribution in [3.63, 3.8) is 0 Å². The topological polar surface area (TPSA) is 95.5 Å². The number of nitriles is 2. The smallest absolute Gasteiger partial charge is 0.400 e. The van der Waals surface area contributed by atoms with E-state index >= 15 is 0 Å². The summed E-state index contributed by atoms with van der Waals surface area (Å²) in [5.41, 5.74) is -1.74. The molecule has 0 fully saturated rings. The van der Waals surface area contributed by atoms with Gasteiger partial charge in [0, 0.05) is 7.11 Å². The van der Waals surface area contributed by atoms with E-state index in [0.717, 1.165) is 0 Å². The lowest BCUT2D eigenvalue weighted by atomic mass is 10.2. The highest BCUT2D eigenvalue weighted by molar-refractivity contribution is 6.34. The predicted octanol–water partition coefficient (Wildman–Crippen LogP) is -0.636. The molecule has 0 spiro atoms. The summed E-state index contributed by atoms with van der Waals surface area (Å²) in [4.78, 5) is 8.41. The fourth-order valence-corrected chi connectivity index (χ4v) is 0.239. The molecule has 12 heavy (non-hydrogen) atoms. The van der Waals surface area contributed by atoms with Crippen LogP contribution in [-0.2, 0) is 14.3 Å². The van der Waals surface area contributed by atoms with Gasteiger partial charge in [-0.15, -0.1) is 0 Å². The summed E-state index contributed by atoms with van der Waals surface area (Å²) in [6.07, 6.45) is 0. The van der Waals surface area contributed by atoms with Crippen molar-refractivity contribution in [3.8, 4) is 12.1 Å². The molecule has 0 aliphatic rings. The Morgan fingerprint density at radius 3 is 2.25 bits per heavy atom. The van der Waals surface area contributed by atoms with Gasteiger partial charge in [-0.05, 0) is 6.92 Å². The van der Waals surface area contributed by atoms with E-state index in [1.54, 1.807) is 0 Å². The van der Waals surface area contributed by atoms with Crippen LogP contribution >= 0.6 is 0 Å². The van der Waals surface area contributed by atoms with Gasteiger partial charge in [0.05, 0.1) is 0 Å². The monoisotopic (exact) mass is 170 g/mol. The number of hydrogen-bond donors (Lipinski definition) is 1. The summed E-state index contributed by atoms with van der Waals surface area (Å²) in [6.45, 7) is 1.19. The molecule has 0 aromatic carbocycles. The molecular formula is C5H7BN2O4. The normalized spacial score (nSPS) is 10.1. The van der Waals surface area contributed by atoms with Crippen molar-refractivity contribution in [3.05, 3.63) is 0 Å². The lowest BCUT2D eigenvalue weighted by Gasteiger charge is -2.12. The van der Waals surface area contributed by atoms with Crippen LogP contribution in [0.5, 0.6) is 0 Å². The van der Waals surface area contributed by atoms with E-state index in [4.69, 9.17) is 15.5 Å². The van der Waals surface area contributed by atoms with Crippen molar-refractivity contribution in [1.29, 1.82) is 10.5 Å². The molecule has 0 rings (SSSR count). The largest absolute Gasteiger partial charge is 0.665 e. The molecule has 0 aliphatic heterocycles. The molecule has 0 saturated carbocycles. The van der Waals surface area contributed by atoms with Gasteiger partial charge in [-0.1, -0.05) is 0 Å². The summed E-state index contributed by atoms with van der Waals surface area (Å²) < 4.78 is 4.22. The summed E-state index contributed by atoms with van der Waals surface area (Å²) in [5, 5.41) is 25.4. The first-order valence-corrected chi connectivity index (χ1v) is 2.96. The van der Waals surface area contributed by atoms with Gasteiger partial charge in [-0.25, -0.2) is 9.69 Å². The van der Waals surface area contributed by atoms with Crippen LogP contribution in [0.4, 0.5) is 0 Å². The average molecular weight is 170 g/mol. The van der Waals surface area contributed by atoms with Crippen molar-refractivity contribution in [2.75, 3.05) is 7.11 Å². The molecular weight excluding hydrogens is 163 g/mol. The molecule has 1 N–H and O–H groups in total. The molecule has 0 heterocycles. The number of rotatable bonds is 4. The van der Waals surface area contributed by atoms with Crippen molar-refractivity contribution in [1.82, 2.24) is 0 Å². The first kappa shape index (κ1) is 10.9. The maximum Gasteiger partial charge on any atom is 0.665 e. The Kier molecular flexibility index (Phi) is 4.26. The Balaban J connectivity index is 3.94. The third-order valence-electron chi connectivity index (χ3n) is 0.925. The van der Waals surface area contributed by atoms with E-state index in [-0.39, 0.29) is 0 Å². The van der Waals surface area contributed by atoms with Crippen LogP contribution in [0.15, 0.2) is 0 Å². The Morgan fingerprint density at radius 2 is 1.92 bits per heavy atom. The minimum Gasteiger partial charge on any atom is -0.400 e. The summed E-state index contributed by atoms with van der Waals surface area (Å²) >= 11 is 0. The van der Waals surface area contributed by atoms with Gasteiger partial charge in [0.2, 0.25) is 0 Å². The zero-order chi connectivity index (χ0) is 9.61. The lowest BCUT2D eigenvalue weighted by molar-refractivity contribution is -0.274. The Labute approximate surface area is 70.0 Å². The van der Waals surface area contributed by atoms with Crippen molar-refractivity contribution in [2.45, 2.75) is 12.5 Å². The lowest BCUT2D eigenvalue weighted by Crippen LogP contribution is -2.30. The van der Waals surface area contributed by atoms with E-state index < -0.39 is 12.9 Å². The average Bonchev–Trinajstić information content (AvgIpc) is 2.13. The second-order valence-electron chi connectivity index (χ2n) is 1.98. The van der Waals surface area contributed by atoms with Crippen LogP contribution < -0.4 is 0 Å². The minimum atomic E-state index is -1.74. The third kappa shape index (κ3) is 3.33. The highest BCUT2D eigenvalue weighted by Gasteiger charge is 2.29. The van der Waals surface area contributed by atoms with Crippen LogP contribution in [0.2, 0.25) is 0 Å². The highest BCUT2D eigenvalue weighted by Crippen LogP contribution is 2.07. The fraction of sp³-hybridized carbons (Fsp3) is 0.600. The van der Waals surface area contributed by atoms with E-state index in [1.807, 2.05) is 0 Å². The SMILES string of the molecule is COB(O)OOC(C)(C#N)C#N. The highest BCUT2D eigenvalue weighted by atomic mass is 17.2. The van der Waals surface area contributed by atoms with E-state index in [1.165, 1.54) is 26.2 Å². The van der Waals surface area contributed by atoms with Gasteiger partial charge < -0.3 is 9.68 Å². The zero-order valence-electron chi connectivity index (χ0n) is 6.64. The van der Waals surface area contributed by atoms with Crippen LogP contribution in [0.25, 0.3) is 0 Å². The van der Waals surface area contributed by atoms with Crippen molar-refractivity contribution in [2.24, 2.45) is 0 Å². The first-order valence-electron chi connectivity index (χ1n) is 2.96. The Morgan fingerprint density at radius 1 is 1.42 bits per heavy atom. The molecule has 0 bridgehead atoms. The molecule has 0 atom stereocenters. The van der Waals surface area contributed by atoms with Crippen LogP contribution in [0.3, 0.4) is 0 Å². The molecule has 0 aliphatic carbocycles. The van der Waals surface area contributed by atoms with E-state index in [9.17, 15) is 0 Å². The van der Waals surface area contributed by atoms with Gasteiger partial charge in [0.25, 0.3) is 5.60 Å². The van der Waals surface area contributed by atoms with Gasteiger partial charge in [-0.3, -0.25) is 0 Å². The van der Waals surface area contributed by atoms with Gasteiger partial charge >= 0.3 is 7.32 Å². The van der Waals surface area contributed by atoms with Gasteiger partial charge in [-0.2, -0.15) is 10.5 Å². The quantitative estimate of drug-likeness (QED) is 0.342. The van der Waals surface area contributed by atoms with Crippen molar-refractivity contribution < 1.29 is 19.4 Å². The maximum atomic E-state index is 8.62. The van der Waals surface area contributed by atoms with Crippen LogP contribution in [-0.4, -0.2) is 25.1 Å². The molecule has 0 aromatic heterocycles. The van der Waals surface area contributed by atoms with Gasteiger partial charge in [0.1, 0.15) is 12.1 Å². The third-order valence-corrected chi connectivity index (χ3v) is 0.925. The zero-order valence-corrected chi connectivity index (χ0v) is 6.64. The summed E-state index contributed by atoms with van der Waals surface area (Å²) in [7, 11) is -0.435. The standard InChI is InChI=1S/C5H7BN2O4/c1-5(3-7,4-8)11-12-6(9)10-2/h9H,1-2H3. The fourth-order valence-electron chi connectivity index (χ4n) is 0.239. The van der Waals surface area contributed by atoms with Gasteiger partial charge in [0.15, 0.2) is 0 Å². The second kappa shape index (κ2) is 4.70. The summed E-state index contributed by atoms with van der Waals surface area (Å²) in [6, 6.07) is 3.07. The molecule has 0 aromatic rings. The Bertz CT molecular complexity index is 206. The predicted molar refractivity (Wildman–Crippen MR) is 36.8 cm³/mol. The first-order chi connectivity index (χ1) is 5.58. The van der Waals surface area contributed by atoms with E-state index in [0.29, 0.717) is 0 Å². The molecule has 0 radical (unpaired) electrons. The molecule has 7 heteroatoms. The number of nitrogens with zero attached hydrogens (tertiary/aromatic N) is 2. The molecule has 0 unspecified atom stereocenters. The molecule has 6 nitrogen and oxygen atoms in total. The summed E-state index contributed by atoms with van der Waals surface area (Å²) in [5.74, 6) is 0. The second-order valence-corrected chi connectivity index (χ2v) is 1.98. The Hall–Kier alpha value is -1.12. The molecule has 64 valence electrons. The molecule has 0 saturated heterocycles.